The number of hydrogen-bond acceptors (Lipinski definition) is 6. The topological polar surface area (TPSA) is 37.8 Å². The van der Waals surface area contributed by atoms with Crippen LogP contribution in [0.1, 0.15) is 31.9 Å². The summed E-state index contributed by atoms with van der Waals surface area (Å²) in [4.78, 5) is 1.36. The summed E-state index contributed by atoms with van der Waals surface area (Å²) in [5.41, 5.74) is 2.42. The summed E-state index contributed by atoms with van der Waals surface area (Å²) in [6.07, 6.45) is 5.85. The number of hydrogen-bond donors (Lipinski definition) is 1. The van der Waals surface area contributed by atoms with Gasteiger partial charge in [0.15, 0.2) is 0 Å². The van der Waals surface area contributed by atoms with Crippen molar-refractivity contribution in [3.05, 3.63) is 42.1 Å². The van der Waals surface area contributed by atoms with Gasteiger partial charge in [-0.2, -0.15) is 8.75 Å². The molecule has 0 spiro atoms. The van der Waals surface area contributed by atoms with Gasteiger partial charge in [0, 0.05) is 10.9 Å². The van der Waals surface area contributed by atoms with E-state index in [1.54, 1.807) is 0 Å². The predicted octanol–water partition coefficient (Wildman–Crippen LogP) is 4.97. The molecule has 1 aromatic carbocycles. The summed E-state index contributed by atoms with van der Waals surface area (Å²) in [5, 5.41) is 4.61. The summed E-state index contributed by atoms with van der Waals surface area (Å²) in [7, 11) is 0. The van der Waals surface area contributed by atoms with E-state index in [1.165, 1.54) is 40.8 Å². The maximum Gasteiger partial charge on any atom is 0.138 e. The summed E-state index contributed by atoms with van der Waals surface area (Å²) >= 11 is 5.13. The van der Waals surface area contributed by atoms with Crippen LogP contribution in [0.4, 0.5) is 0 Å². The van der Waals surface area contributed by atoms with Crippen LogP contribution in [0.5, 0.6) is 0 Å². The van der Waals surface area contributed by atoms with Crippen molar-refractivity contribution in [2.24, 2.45) is 0 Å². The highest BCUT2D eigenvalue weighted by molar-refractivity contribution is 7.99. The average molecular weight is 378 g/mol. The Balaban J connectivity index is 1.41. The first kappa shape index (κ1) is 18.0. The Labute approximate surface area is 157 Å². The number of nitrogens with one attached hydrogen (secondary N) is 1. The van der Waals surface area contributed by atoms with E-state index in [2.05, 4.69) is 57.4 Å². The highest BCUT2D eigenvalue weighted by Gasteiger charge is 2.20. The number of nitrogens with zero attached hydrogens (tertiary/aromatic N) is 2. The molecular weight excluding hydrogens is 354 g/mol. The van der Waals surface area contributed by atoms with Crippen molar-refractivity contribution in [3.8, 4) is 0 Å². The molecule has 1 unspecified atom stereocenters. The van der Waals surface area contributed by atoms with Crippen molar-refractivity contribution in [1.82, 2.24) is 14.1 Å². The van der Waals surface area contributed by atoms with Gasteiger partial charge in [-0.05, 0) is 61.9 Å². The van der Waals surface area contributed by atoms with Gasteiger partial charge < -0.3 is 5.32 Å². The van der Waals surface area contributed by atoms with Gasteiger partial charge in [0.1, 0.15) is 10.7 Å². The fourth-order valence-corrected chi connectivity index (χ4v) is 5.27. The van der Waals surface area contributed by atoms with Gasteiger partial charge in [-0.3, -0.25) is 0 Å². The minimum atomic E-state index is 0.379. The molecule has 0 amide bonds. The number of benzene rings is 1. The van der Waals surface area contributed by atoms with Crippen molar-refractivity contribution in [3.63, 3.8) is 0 Å². The first-order valence-electron chi connectivity index (χ1n) is 8.41. The van der Waals surface area contributed by atoms with E-state index in [4.69, 9.17) is 0 Å². The minimum absolute atomic E-state index is 0.379. The fraction of sp³-hybridized carbons (Fsp3) is 0.444. The Bertz CT molecular complexity index is 655. The molecular formula is C18H23N3S3. The SMILES string of the molecule is CC1NCCC=C1c1nsnc1SCCCCSc1ccccc1. The molecule has 1 N–H and O–H groups in total. The zero-order valence-corrected chi connectivity index (χ0v) is 16.4. The molecule has 1 atom stereocenters. The molecule has 3 nitrogen and oxygen atoms in total. The molecule has 0 radical (unpaired) electrons. The molecule has 1 aliphatic heterocycles. The summed E-state index contributed by atoms with van der Waals surface area (Å²) < 4.78 is 9.05. The monoisotopic (exact) mass is 377 g/mol. The first-order valence-corrected chi connectivity index (χ1v) is 11.1. The molecule has 0 aliphatic carbocycles. The van der Waals surface area contributed by atoms with Gasteiger partial charge >= 0.3 is 0 Å². The summed E-state index contributed by atoms with van der Waals surface area (Å²) in [6.45, 7) is 3.27. The quantitative estimate of drug-likeness (QED) is 0.519. The second kappa shape index (κ2) is 9.61. The molecule has 3 rings (SSSR count). The molecule has 2 heterocycles. The molecule has 6 heteroatoms. The highest BCUT2D eigenvalue weighted by atomic mass is 32.2. The molecule has 2 aromatic rings. The summed E-state index contributed by atoms with van der Waals surface area (Å²) in [6, 6.07) is 11.0. The summed E-state index contributed by atoms with van der Waals surface area (Å²) in [5.74, 6) is 2.29. The molecule has 1 aromatic heterocycles. The standard InChI is InChI=1S/C18H23N3S3/c1-14-16(10-7-11-19-14)17-18(21-24-20-17)23-13-6-5-12-22-15-8-3-2-4-9-15/h2-4,8-10,14,19H,5-7,11-13H2,1H3. The zero-order valence-electron chi connectivity index (χ0n) is 13.9. The number of unbranched alkanes of at least 4 members (excludes halogenated alkanes) is 1. The van der Waals surface area contributed by atoms with Crippen LogP contribution in [0.3, 0.4) is 0 Å². The second-order valence-corrected chi connectivity index (χ2v) is 8.54. The van der Waals surface area contributed by atoms with E-state index in [1.807, 2.05) is 23.5 Å². The lowest BCUT2D eigenvalue weighted by molar-refractivity contribution is 0.624. The zero-order chi connectivity index (χ0) is 16.6. The fourth-order valence-electron chi connectivity index (χ4n) is 2.65. The molecule has 24 heavy (non-hydrogen) atoms. The van der Waals surface area contributed by atoms with Gasteiger partial charge in [0.05, 0.1) is 11.7 Å². The van der Waals surface area contributed by atoms with Crippen LogP contribution < -0.4 is 5.32 Å². The van der Waals surface area contributed by atoms with Crippen LogP contribution in [0.2, 0.25) is 0 Å². The molecule has 0 fully saturated rings. The number of rotatable bonds is 8. The van der Waals surface area contributed by atoms with Gasteiger partial charge in [-0.1, -0.05) is 24.3 Å². The van der Waals surface area contributed by atoms with Crippen molar-refractivity contribution < 1.29 is 0 Å². The van der Waals surface area contributed by atoms with E-state index in [0.29, 0.717) is 6.04 Å². The van der Waals surface area contributed by atoms with Crippen LogP contribution in [0.15, 0.2) is 46.3 Å². The van der Waals surface area contributed by atoms with Gasteiger partial charge in [0.25, 0.3) is 0 Å². The van der Waals surface area contributed by atoms with Crippen LogP contribution in [-0.2, 0) is 0 Å². The van der Waals surface area contributed by atoms with Crippen LogP contribution in [0, 0.1) is 0 Å². The minimum Gasteiger partial charge on any atom is -0.310 e. The largest absolute Gasteiger partial charge is 0.310 e. The smallest absolute Gasteiger partial charge is 0.138 e. The lowest BCUT2D eigenvalue weighted by Crippen LogP contribution is -2.31. The van der Waals surface area contributed by atoms with Gasteiger partial charge in [-0.15, -0.1) is 23.5 Å². The Morgan fingerprint density at radius 1 is 1.12 bits per heavy atom. The maximum absolute atomic E-state index is 4.54. The first-order chi connectivity index (χ1) is 11.8. The second-order valence-electron chi connectivity index (χ2n) is 5.76. The van der Waals surface area contributed by atoms with Crippen molar-refractivity contribution in [2.75, 3.05) is 18.1 Å². The van der Waals surface area contributed by atoms with E-state index in [0.717, 1.165) is 29.4 Å². The Hall–Kier alpha value is -0.820. The van der Waals surface area contributed by atoms with Crippen LogP contribution in [-0.4, -0.2) is 32.8 Å². The van der Waals surface area contributed by atoms with E-state index in [-0.39, 0.29) is 0 Å². The lowest BCUT2D eigenvalue weighted by atomic mass is 10.0. The molecule has 0 bridgehead atoms. The normalized spacial score (nSPS) is 17.7. The van der Waals surface area contributed by atoms with E-state index in [9.17, 15) is 0 Å². The molecule has 128 valence electrons. The van der Waals surface area contributed by atoms with Crippen LogP contribution in [0.25, 0.3) is 5.57 Å². The number of thioether (sulfide) groups is 2. The third-order valence-corrected chi connectivity index (χ3v) is 6.74. The Morgan fingerprint density at radius 3 is 2.71 bits per heavy atom. The average Bonchev–Trinajstić information content (AvgIpc) is 3.07. The molecule has 1 aliphatic rings. The molecule has 0 saturated heterocycles. The predicted molar refractivity (Wildman–Crippen MR) is 107 cm³/mol. The van der Waals surface area contributed by atoms with E-state index >= 15 is 0 Å². The van der Waals surface area contributed by atoms with Crippen molar-refractivity contribution in [1.29, 1.82) is 0 Å². The number of aromatic nitrogens is 2. The third kappa shape index (κ3) is 5.09. The third-order valence-electron chi connectivity index (χ3n) is 3.95. The van der Waals surface area contributed by atoms with Crippen LogP contribution >= 0.6 is 35.3 Å². The Morgan fingerprint density at radius 2 is 1.92 bits per heavy atom. The van der Waals surface area contributed by atoms with Gasteiger partial charge in [0.2, 0.25) is 0 Å². The van der Waals surface area contributed by atoms with E-state index < -0.39 is 0 Å². The van der Waals surface area contributed by atoms with Crippen molar-refractivity contribution in [2.45, 2.75) is 42.1 Å². The lowest BCUT2D eigenvalue weighted by Gasteiger charge is -2.21. The Kier molecular flexibility index (Phi) is 7.20. The highest BCUT2D eigenvalue weighted by Crippen LogP contribution is 2.30. The van der Waals surface area contributed by atoms with Crippen molar-refractivity contribution >= 4 is 40.8 Å². The van der Waals surface area contributed by atoms with Gasteiger partial charge in [-0.25, -0.2) is 0 Å². The molecule has 0 saturated carbocycles. The maximum atomic E-state index is 4.54.